The van der Waals surface area contributed by atoms with Gasteiger partial charge in [-0.3, -0.25) is 4.79 Å². The number of benzene rings is 2. The summed E-state index contributed by atoms with van der Waals surface area (Å²) in [5.41, 5.74) is 8.34. The Morgan fingerprint density at radius 2 is 1.80 bits per heavy atom. The van der Waals surface area contributed by atoms with Crippen molar-refractivity contribution in [1.82, 2.24) is 0 Å². The molecule has 0 aromatic heterocycles. The summed E-state index contributed by atoms with van der Waals surface area (Å²) in [6, 6.07) is 11.5. The maximum absolute atomic E-state index is 13.6. The van der Waals surface area contributed by atoms with Gasteiger partial charge < -0.3 is 11.1 Å². The molecule has 1 atom stereocenters. The van der Waals surface area contributed by atoms with Crippen LogP contribution in [0.2, 0.25) is 0 Å². The summed E-state index contributed by atoms with van der Waals surface area (Å²) < 4.78 is 13.6. The second-order valence-corrected chi connectivity index (χ2v) is 4.85. The number of hydrogen-bond acceptors (Lipinski definition) is 2. The third kappa shape index (κ3) is 3.15. The summed E-state index contributed by atoms with van der Waals surface area (Å²) in [6.45, 7) is 3.65. The maximum atomic E-state index is 13.6. The zero-order chi connectivity index (χ0) is 14.7. The average Bonchev–Trinajstić information content (AvgIpc) is 2.41. The Balaban J connectivity index is 2.29. The van der Waals surface area contributed by atoms with Gasteiger partial charge in [0, 0.05) is 5.69 Å². The molecule has 2 aromatic rings. The van der Waals surface area contributed by atoms with Crippen molar-refractivity contribution in [2.24, 2.45) is 5.73 Å². The highest BCUT2D eigenvalue weighted by molar-refractivity contribution is 5.84. The minimum atomic E-state index is -0.757. The molecule has 3 N–H and O–H groups in total. The van der Waals surface area contributed by atoms with Crippen molar-refractivity contribution in [2.75, 3.05) is 5.32 Å². The molecule has 0 radical (unpaired) electrons. The van der Waals surface area contributed by atoms with E-state index in [2.05, 4.69) is 5.32 Å². The molecule has 2 aromatic carbocycles. The van der Waals surface area contributed by atoms with E-state index in [-0.39, 0.29) is 5.82 Å². The number of carbonyl (C=O) groups is 1. The van der Waals surface area contributed by atoms with E-state index >= 15 is 0 Å². The summed E-state index contributed by atoms with van der Waals surface area (Å²) in [7, 11) is 0. The first-order chi connectivity index (χ1) is 9.47. The van der Waals surface area contributed by atoms with Crippen molar-refractivity contribution >= 4 is 11.6 Å². The summed E-state index contributed by atoms with van der Waals surface area (Å²) in [4.78, 5) is 11.6. The Morgan fingerprint density at radius 1 is 1.15 bits per heavy atom. The molecule has 1 unspecified atom stereocenters. The minimum Gasteiger partial charge on any atom is -0.370 e. The second kappa shape index (κ2) is 5.74. The van der Waals surface area contributed by atoms with Gasteiger partial charge in [0.05, 0.1) is 0 Å². The zero-order valence-corrected chi connectivity index (χ0v) is 11.5. The number of carbonyl (C=O) groups excluding carboxylic acids is 1. The van der Waals surface area contributed by atoms with Crippen molar-refractivity contribution in [3.05, 3.63) is 65.0 Å². The van der Waals surface area contributed by atoms with Gasteiger partial charge in [0.15, 0.2) is 0 Å². The van der Waals surface area contributed by atoms with Gasteiger partial charge in [0.2, 0.25) is 5.91 Å². The van der Waals surface area contributed by atoms with Gasteiger partial charge >= 0.3 is 0 Å². The van der Waals surface area contributed by atoms with Crippen molar-refractivity contribution in [2.45, 2.75) is 19.9 Å². The monoisotopic (exact) mass is 272 g/mol. The molecule has 0 fully saturated rings. The number of halogens is 1. The van der Waals surface area contributed by atoms with Crippen molar-refractivity contribution in [3.8, 4) is 0 Å². The molecule has 0 heterocycles. The van der Waals surface area contributed by atoms with E-state index in [1.54, 1.807) is 19.1 Å². The van der Waals surface area contributed by atoms with Gasteiger partial charge in [-0.2, -0.15) is 0 Å². The van der Waals surface area contributed by atoms with Crippen LogP contribution in [0.15, 0.2) is 42.5 Å². The quantitative estimate of drug-likeness (QED) is 0.898. The highest BCUT2D eigenvalue weighted by Gasteiger charge is 2.18. The van der Waals surface area contributed by atoms with E-state index in [0.717, 1.165) is 11.3 Å². The largest absolute Gasteiger partial charge is 0.370 e. The van der Waals surface area contributed by atoms with Gasteiger partial charge in [-0.1, -0.05) is 29.8 Å². The summed E-state index contributed by atoms with van der Waals surface area (Å²) in [5, 5.41) is 3.03. The predicted molar refractivity (Wildman–Crippen MR) is 77.9 cm³/mol. The van der Waals surface area contributed by atoms with Crippen LogP contribution in [0.4, 0.5) is 10.1 Å². The summed E-state index contributed by atoms with van der Waals surface area (Å²) in [6.07, 6.45) is 0. The molecular weight excluding hydrogens is 255 g/mol. The second-order valence-electron chi connectivity index (χ2n) is 4.85. The first-order valence-electron chi connectivity index (χ1n) is 6.36. The molecule has 2 rings (SSSR count). The fraction of sp³-hybridized carbons (Fsp3) is 0.188. The lowest BCUT2D eigenvalue weighted by atomic mass is 10.0. The smallest absolute Gasteiger partial charge is 0.244 e. The van der Waals surface area contributed by atoms with Crippen molar-refractivity contribution in [3.63, 3.8) is 0 Å². The number of amides is 1. The molecule has 3 nitrogen and oxygen atoms in total. The third-order valence-corrected chi connectivity index (χ3v) is 3.18. The topological polar surface area (TPSA) is 55.1 Å². The minimum absolute atomic E-state index is 0.348. The highest BCUT2D eigenvalue weighted by atomic mass is 19.1. The first-order valence-corrected chi connectivity index (χ1v) is 6.36. The number of aryl methyl sites for hydroxylation is 2. The van der Waals surface area contributed by atoms with Crippen LogP contribution in [0, 0.1) is 19.7 Å². The number of hydrogen-bond donors (Lipinski definition) is 2. The molecule has 104 valence electrons. The molecule has 0 saturated heterocycles. The van der Waals surface area contributed by atoms with E-state index in [4.69, 9.17) is 5.73 Å². The SMILES string of the molecule is Cc1ccc(NC(C(N)=O)c2ccc(C)c(F)c2)cc1. The number of anilines is 1. The molecule has 1 amide bonds. The zero-order valence-electron chi connectivity index (χ0n) is 11.5. The summed E-state index contributed by atoms with van der Waals surface area (Å²) >= 11 is 0. The lowest BCUT2D eigenvalue weighted by Crippen LogP contribution is -2.27. The van der Waals surface area contributed by atoms with Crippen molar-refractivity contribution in [1.29, 1.82) is 0 Å². The van der Waals surface area contributed by atoms with Crippen LogP contribution in [-0.2, 0) is 4.79 Å². The summed E-state index contributed by atoms with van der Waals surface area (Å²) in [5.74, 6) is -0.895. The van der Waals surface area contributed by atoms with Gasteiger partial charge in [0.25, 0.3) is 0 Å². The normalized spacial score (nSPS) is 11.9. The van der Waals surface area contributed by atoms with Crippen LogP contribution < -0.4 is 11.1 Å². The van der Waals surface area contributed by atoms with Crippen LogP contribution >= 0.6 is 0 Å². The Bertz CT molecular complexity index is 623. The van der Waals surface area contributed by atoms with Crippen LogP contribution in [0.25, 0.3) is 0 Å². The van der Waals surface area contributed by atoms with Gasteiger partial charge in [-0.25, -0.2) is 4.39 Å². The Morgan fingerprint density at radius 3 is 2.35 bits per heavy atom. The van der Waals surface area contributed by atoms with Gasteiger partial charge in [-0.05, 0) is 43.2 Å². The molecule has 20 heavy (non-hydrogen) atoms. The number of primary amides is 1. The maximum Gasteiger partial charge on any atom is 0.244 e. The van der Waals surface area contributed by atoms with Crippen molar-refractivity contribution < 1.29 is 9.18 Å². The van der Waals surface area contributed by atoms with Crippen LogP contribution in [-0.4, -0.2) is 5.91 Å². The third-order valence-electron chi connectivity index (χ3n) is 3.18. The van der Waals surface area contributed by atoms with Crippen LogP contribution in [0.5, 0.6) is 0 Å². The Kier molecular flexibility index (Phi) is 4.03. The first kappa shape index (κ1) is 14.1. The Labute approximate surface area is 117 Å². The van der Waals surface area contributed by atoms with E-state index in [1.807, 2.05) is 31.2 Å². The molecule has 0 aliphatic rings. The highest BCUT2D eigenvalue weighted by Crippen LogP contribution is 2.21. The van der Waals surface area contributed by atoms with E-state index < -0.39 is 11.9 Å². The lowest BCUT2D eigenvalue weighted by molar-refractivity contribution is -0.118. The van der Waals surface area contributed by atoms with Crippen LogP contribution in [0.3, 0.4) is 0 Å². The average molecular weight is 272 g/mol. The lowest BCUT2D eigenvalue weighted by Gasteiger charge is -2.17. The standard InChI is InChI=1S/C16H17FN2O/c1-10-3-7-13(8-4-10)19-15(16(18)20)12-6-5-11(2)14(17)9-12/h3-9,15,19H,1-2H3,(H2,18,20). The number of nitrogens with two attached hydrogens (primary N) is 1. The number of nitrogens with one attached hydrogen (secondary N) is 1. The fourth-order valence-electron chi connectivity index (χ4n) is 1.92. The van der Waals surface area contributed by atoms with E-state index in [0.29, 0.717) is 11.1 Å². The van der Waals surface area contributed by atoms with Gasteiger partial charge in [-0.15, -0.1) is 0 Å². The molecule has 0 spiro atoms. The Hall–Kier alpha value is -2.36. The number of rotatable bonds is 4. The fourth-order valence-corrected chi connectivity index (χ4v) is 1.92. The molecule has 0 aliphatic heterocycles. The van der Waals surface area contributed by atoms with E-state index in [9.17, 15) is 9.18 Å². The molecular formula is C16H17FN2O. The van der Waals surface area contributed by atoms with E-state index in [1.165, 1.54) is 6.07 Å². The van der Waals surface area contributed by atoms with Gasteiger partial charge in [0.1, 0.15) is 11.9 Å². The molecule has 0 aliphatic carbocycles. The predicted octanol–water partition coefficient (Wildman–Crippen LogP) is 3.08. The van der Waals surface area contributed by atoms with Crippen LogP contribution in [0.1, 0.15) is 22.7 Å². The molecule has 4 heteroatoms. The molecule has 0 bridgehead atoms. The molecule has 0 saturated carbocycles.